The zero-order valence-corrected chi connectivity index (χ0v) is 12.4. The van der Waals surface area contributed by atoms with Gasteiger partial charge in [0, 0.05) is 0 Å². The van der Waals surface area contributed by atoms with Gasteiger partial charge >= 0.3 is 5.97 Å². The number of phenols is 1. The number of halogens is 1. The van der Waals surface area contributed by atoms with E-state index in [1.807, 2.05) is 13.8 Å². The summed E-state index contributed by atoms with van der Waals surface area (Å²) in [6, 6.07) is 2.47. The molecule has 0 radical (unpaired) electrons. The molecular weight excluding hydrogens is 298 g/mol. The van der Waals surface area contributed by atoms with E-state index in [4.69, 9.17) is 10.8 Å². The first-order valence-corrected chi connectivity index (χ1v) is 5.81. The van der Waals surface area contributed by atoms with Gasteiger partial charge in [-0.05, 0) is 48.1 Å². The molecule has 0 aliphatic heterocycles. The summed E-state index contributed by atoms with van der Waals surface area (Å²) in [7, 11) is 0. The lowest BCUT2D eigenvalue weighted by Gasteiger charge is -2.16. The first kappa shape index (κ1) is 16.9. The van der Waals surface area contributed by atoms with Crippen LogP contribution in [0.5, 0.6) is 5.75 Å². The van der Waals surface area contributed by atoms with E-state index in [9.17, 15) is 9.90 Å². The van der Waals surface area contributed by atoms with E-state index < -0.39 is 12.0 Å². The fourth-order valence-electron chi connectivity index (χ4n) is 1.98. The van der Waals surface area contributed by atoms with E-state index in [1.165, 1.54) is 0 Å². The highest BCUT2D eigenvalue weighted by Crippen LogP contribution is 2.24. The highest BCUT2D eigenvalue weighted by atomic mass is 79.9. The molecule has 0 saturated carbocycles. The number of rotatable bonds is 5. The molecule has 4 nitrogen and oxygen atoms in total. The van der Waals surface area contributed by atoms with Crippen LogP contribution in [0.25, 0.3) is 0 Å². The second-order valence-corrected chi connectivity index (χ2v) is 4.10. The average Bonchev–Trinajstić information content (AvgIpc) is 2.30. The van der Waals surface area contributed by atoms with Gasteiger partial charge < -0.3 is 15.9 Å². The molecule has 5 heteroatoms. The molecule has 0 heterocycles. The van der Waals surface area contributed by atoms with Crippen molar-refractivity contribution in [1.29, 1.82) is 0 Å². The lowest BCUT2D eigenvalue weighted by atomic mass is 9.92. The van der Waals surface area contributed by atoms with Crippen LogP contribution in [0.1, 0.15) is 30.5 Å². The third kappa shape index (κ3) is 3.99. The summed E-state index contributed by atoms with van der Waals surface area (Å²) < 4.78 is 0. The van der Waals surface area contributed by atoms with E-state index in [0.717, 1.165) is 29.5 Å². The SMILES string of the molecule is Br.CCc1cc(O)cc(CC)c1C[C@H](N)C(=O)O. The average molecular weight is 318 g/mol. The van der Waals surface area contributed by atoms with Gasteiger partial charge in [-0.25, -0.2) is 0 Å². The molecule has 0 aliphatic carbocycles. The molecule has 0 saturated heterocycles. The Balaban J connectivity index is 0.00000289. The summed E-state index contributed by atoms with van der Waals surface area (Å²) in [6.07, 6.45) is 1.81. The molecule has 0 aliphatic rings. The summed E-state index contributed by atoms with van der Waals surface area (Å²) in [5.74, 6) is -0.770. The molecule has 4 N–H and O–H groups in total. The number of aliphatic carboxylic acids is 1. The van der Waals surface area contributed by atoms with Crippen LogP contribution in [-0.4, -0.2) is 22.2 Å². The molecule has 1 aromatic rings. The van der Waals surface area contributed by atoms with Crippen molar-refractivity contribution in [3.05, 3.63) is 28.8 Å². The van der Waals surface area contributed by atoms with Gasteiger partial charge in [0.05, 0.1) is 0 Å². The lowest BCUT2D eigenvalue weighted by molar-refractivity contribution is -0.138. The normalized spacial score (nSPS) is 11.7. The van der Waals surface area contributed by atoms with Crippen LogP contribution in [0.15, 0.2) is 12.1 Å². The van der Waals surface area contributed by atoms with Crippen molar-refractivity contribution in [1.82, 2.24) is 0 Å². The molecule has 0 aromatic heterocycles. The van der Waals surface area contributed by atoms with E-state index >= 15 is 0 Å². The Morgan fingerprint density at radius 3 is 2.06 bits per heavy atom. The van der Waals surface area contributed by atoms with Crippen molar-refractivity contribution >= 4 is 23.0 Å². The fourth-order valence-corrected chi connectivity index (χ4v) is 1.98. The number of carbonyl (C=O) groups is 1. The molecule has 102 valence electrons. The number of hydrogen-bond donors (Lipinski definition) is 3. The van der Waals surface area contributed by atoms with E-state index in [1.54, 1.807) is 12.1 Å². The van der Waals surface area contributed by atoms with Gasteiger partial charge in [0.1, 0.15) is 11.8 Å². The summed E-state index contributed by atoms with van der Waals surface area (Å²) in [6.45, 7) is 3.95. The molecule has 0 amide bonds. The standard InChI is InChI=1S/C13H19NO3.BrH/c1-3-8-5-10(15)6-9(4-2)11(8)7-12(14)13(16)17;/h5-6,12,15H,3-4,7,14H2,1-2H3,(H,16,17);1H/t12-;/m0./s1. The molecule has 1 rings (SSSR count). The van der Waals surface area contributed by atoms with E-state index in [-0.39, 0.29) is 22.7 Å². The zero-order chi connectivity index (χ0) is 13.0. The topological polar surface area (TPSA) is 83.5 Å². The number of carboxylic acid groups (broad SMARTS) is 1. The minimum absolute atomic E-state index is 0. The van der Waals surface area contributed by atoms with Crippen LogP contribution >= 0.6 is 17.0 Å². The number of hydrogen-bond acceptors (Lipinski definition) is 3. The van der Waals surface area contributed by atoms with Gasteiger partial charge in [-0.1, -0.05) is 13.8 Å². The van der Waals surface area contributed by atoms with Crippen LogP contribution in [0.4, 0.5) is 0 Å². The molecule has 1 aromatic carbocycles. The van der Waals surface area contributed by atoms with Gasteiger partial charge in [-0.3, -0.25) is 4.79 Å². The Morgan fingerprint density at radius 2 is 1.72 bits per heavy atom. The maximum Gasteiger partial charge on any atom is 0.320 e. The monoisotopic (exact) mass is 317 g/mol. The fraction of sp³-hybridized carbons (Fsp3) is 0.462. The van der Waals surface area contributed by atoms with Crippen molar-refractivity contribution in [3.8, 4) is 5.75 Å². The minimum Gasteiger partial charge on any atom is -0.508 e. The summed E-state index contributed by atoms with van der Waals surface area (Å²) >= 11 is 0. The number of aromatic hydroxyl groups is 1. The first-order valence-electron chi connectivity index (χ1n) is 5.81. The van der Waals surface area contributed by atoms with Crippen LogP contribution in [0.2, 0.25) is 0 Å². The minimum atomic E-state index is -0.998. The van der Waals surface area contributed by atoms with Crippen LogP contribution in [-0.2, 0) is 24.1 Å². The maximum atomic E-state index is 10.8. The van der Waals surface area contributed by atoms with Gasteiger partial charge in [0.2, 0.25) is 0 Å². The number of nitrogens with two attached hydrogens (primary N) is 1. The Hall–Kier alpha value is -1.07. The Morgan fingerprint density at radius 1 is 1.28 bits per heavy atom. The summed E-state index contributed by atoms with van der Waals surface area (Å²) in [5, 5.41) is 18.4. The second-order valence-electron chi connectivity index (χ2n) is 4.10. The first-order chi connectivity index (χ1) is 7.99. The Bertz CT molecular complexity index is 396. The third-order valence-corrected chi connectivity index (χ3v) is 2.92. The third-order valence-electron chi connectivity index (χ3n) is 2.92. The summed E-state index contributed by atoms with van der Waals surface area (Å²) in [4.78, 5) is 10.8. The van der Waals surface area contributed by atoms with E-state index in [2.05, 4.69) is 0 Å². The zero-order valence-electron chi connectivity index (χ0n) is 10.6. The van der Waals surface area contributed by atoms with E-state index in [0.29, 0.717) is 6.42 Å². The molecule has 1 atom stereocenters. The van der Waals surface area contributed by atoms with Crippen molar-refractivity contribution in [2.24, 2.45) is 5.73 Å². The molecule has 0 fully saturated rings. The van der Waals surface area contributed by atoms with Crippen LogP contribution in [0.3, 0.4) is 0 Å². The maximum absolute atomic E-state index is 10.8. The van der Waals surface area contributed by atoms with Crippen LogP contribution in [0, 0.1) is 0 Å². The van der Waals surface area contributed by atoms with Crippen molar-refractivity contribution in [2.75, 3.05) is 0 Å². The number of carboxylic acids is 1. The van der Waals surface area contributed by atoms with Crippen molar-refractivity contribution in [3.63, 3.8) is 0 Å². The van der Waals surface area contributed by atoms with Gasteiger partial charge in [-0.15, -0.1) is 17.0 Å². The smallest absolute Gasteiger partial charge is 0.320 e. The van der Waals surface area contributed by atoms with Gasteiger partial charge in [0.15, 0.2) is 0 Å². The van der Waals surface area contributed by atoms with Crippen LogP contribution < -0.4 is 5.73 Å². The second kappa shape index (κ2) is 7.38. The number of phenolic OH excluding ortho intramolecular Hbond substituents is 1. The van der Waals surface area contributed by atoms with Gasteiger partial charge in [-0.2, -0.15) is 0 Å². The Kier molecular flexibility index (Phi) is 6.94. The highest BCUT2D eigenvalue weighted by Gasteiger charge is 2.17. The van der Waals surface area contributed by atoms with Gasteiger partial charge in [0.25, 0.3) is 0 Å². The van der Waals surface area contributed by atoms with Crippen molar-refractivity contribution in [2.45, 2.75) is 39.2 Å². The number of benzene rings is 1. The predicted molar refractivity (Wildman–Crippen MR) is 76.5 cm³/mol. The predicted octanol–water partition coefficient (Wildman–Crippen LogP) is 2.05. The molecule has 0 bridgehead atoms. The largest absolute Gasteiger partial charge is 0.508 e. The summed E-state index contributed by atoms with van der Waals surface area (Å²) in [5.41, 5.74) is 8.47. The molecule has 0 spiro atoms. The number of aryl methyl sites for hydroxylation is 2. The highest BCUT2D eigenvalue weighted by molar-refractivity contribution is 8.93. The molecule has 0 unspecified atom stereocenters. The lowest BCUT2D eigenvalue weighted by Crippen LogP contribution is -2.33. The Labute approximate surface area is 118 Å². The molecule has 18 heavy (non-hydrogen) atoms. The van der Waals surface area contributed by atoms with Crippen molar-refractivity contribution < 1.29 is 15.0 Å². The quantitative estimate of drug-likeness (QED) is 0.776. The molecular formula is C13H20BrNO3.